The molecule has 20 heavy (non-hydrogen) atoms. The molecule has 102 valence electrons. The van der Waals surface area contributed by atoms with E-state index in [-0.39, 0.29) is 0 Å². The van der Waals surface area contributed by atoms with Crippen LogP contribution >= 0.6 is 11.6 Å². The van der Waals surface area contributed by atoms with Gasteiger partial charge in [0, 0.05) is 44.6 Å². The van der Waals surface area contributed by atoms with Crippen LogP contribution in [0.3, 0.4) is 0 Å². The topological polar surface area (TPSA) is 52.8 Å². The molecule has 0 saturated heterocycles. The highest BCUT2D eigenvalue weighted by atomic mass is 35.5. The summed E-state index contributed by atoms with van der Waals surface area (Å²) in [5.41, 5.74) is 2.21. The van der Waals surface area contributed by atoms with Crippen LogP contribution in [0.2, 0.25) is 5.15 Å². The molecule has 4 nitrogen and oxygen atoms in total. The van der Waals surface area contributed by atoms with Gasteiger partial charge in [-0.05, 0) is 23.3 Å². The smallest absolute Gasteiger partial charge is 0.129 e. The second-order valence-electron chi connectivity index (χ2n) is 4.47. The molecule has 0 spiro atoms. The lowest BCUT2D eigenvalue weighted by atomic mass is 10.2. The normalized spacial score (nSPS) is 10.4. The van der Waals surface area contributed by atoms with E-state index in [1.165, 1.54) is 0 Å². The fourth-order valence-corrected chi connectivity index (χ4v) is 2.04. The van der Waals surface area contributed by atoms with Crippen LogP contribution in [0.4, 0.5) is 0 Å². The van der Waals surface area contributed by atoms with E-state index in [1.807, 2.05) is 24.4 Å². The Kier molecular flexibility index (Phi) is 5.48. The first-order valence-electron chi connectivity index (χ1n) is 6.36. The lowest BCUT2D eigenvalue weighted by Gasteiger charge is -2.21. The van der Waals surface area contributed by atoms with E-state index in [4.69, 9.17) is 16.9 Å². The molecule has 0 bridgehead atoms. The minimum absolute atomic E-state index is 0.490. The summed E-state index contributed by atoms with van der Waals surface area (Å²) < 4.78 is 0. The van der Waals surface area contributed by atoms with E-state index in [2.05, 4.69) is 20.9 Å². The van der Waals surface area contributed by atoms with Gasteiger partial charge in [0.1, 0.15) is 5.15 Å². The van der Waals surface area contributed by atoms with Crippen LogP contribution in [0.25, 0.3) is 0 Å². The highest BCUT2D eigenvalue weighted by Gasteiger charge is 2.07. The van der Waals surface area contributed by atoms with E-state index in [9.17, 15) is 0 Å². The summed E-state index contributed by atoms with van der Waals surface area (Å²) in [4.78, 5) is 10.4. The molecule has 5 heteroatoms. The molecular formula is C15H15ClN4. The van der Waals surface area contributed by atoms with Crippen LogP contribution in [0.1, 0.15) is 17.5 Å². The Hall–Kier alpha value is -1.96. The first-order chi connectivity index (χ1) is 9.78. The summed E-state index contributed by atoms with van der Waals surface area (Å²) >= 11 is 5.79. The van der Waals surface area contributed by atoms with E-state index in [1.54, 1.807) is 18.5 Å². The Morgan fingerprint density at radius 2 is 1.95 bits per heavy atom. The maximum absolute atomic E-state index is 8.76. The number of pyridine rings is 2. The van der Waals surface area contributed by atoms with Crippen LogP contribution in [0.15, 0.2) is 42.9 Å². The van der Waals surface area contributed by atoms with Crippen LogP contribution < -0.4 is 0 Å². The van der Waals surface area contributed by atoms with Crippen molar-refractivity contribution in [3.8, 4) is 6.07 Å². The molecule has 2 heterocycles. The standard InChI is InChI=1S/C15H15ClN4/c16-15-5-4-14(10-19-15)12-20(8-2-6-17)11-13-3-1-7-18-9-13/h1,3-5,7,9-10H,2,8,11-12H2. The van der Waals surface area contributed by atoms with Gasteiger partial charge in [0.2, 0.25) is 0 Å². The van der Waals surface area contributed by atoms with Gasteiger partial charge >= 0.3 is 0 Å². The Bertz CT molecular complexity index is 563. The van der Waals surface area contributed by atoms with Crippen molar-refractivity contribution in [2.45, 2.75) is 19.5 Å². The van der Waals surface area contributed by atoms with Crippen molar-refractivity contribution < 1.29 is 0 Å². The Balaban J connectivity index is 2.03. The van der Waals surface area contributed by atoms with Gasteiger partial charge in [0.25, 0.3) is 0 Å². The first kappa shape index (κ1) is 14.4. The minimum atomic E-state index is 0.490. The average molecular weight is 287 g/mol. The summed E-state index contributed by atoms with van der Waals surface area (Å²) in [5.74, 6) is 0. The van der Waals surface area contributed by atoms with Crippen molar-refractivity contribution in [1.29, 1.82) is 5.26 Å². The summed E-state index contributed by atoms with van der Waals surface area (Å²) in [6.45, 7) is 2.22. The van der Waals surface area contributed by atoms with E-state index < -0.39 is 0 Å². The average Bonchev–Trinajstić information content (AvgIpc) is 2.48. The third kappa shape index (κ3) is 4.61. The lowest BCUT2D eigenvalue weighted by Crippen LogP contribution is -2.24. The third-order valence-corrected chi connectivity index (χ3v) is 3.09. The number of rotatable bonds is 6. The van der Waals surface area contributed by atoms with Gasteiger partial charge in [-0.2, -0.15) is 5.26 Å². The zero-order chi connectivity index (χ0) is 14.2. The van der Waals surface area contributed by atoms with Crippen LogP contribution in [0, 0.1) is 11.3 Å². The molecule has 0 radical (unpaired) electrons. The molecule has 0 saturated carbocycles. The fourth-order valence-electron chi connectivity index (χ4n) is 1.93. The maximum atomic E-state index is 8.76. The van der Waals surface area contributed by atoms with Crippen LogP contribution in [0.5, 0.6) is 0 Å². The van der Waals surface area contributed by atoms with Gasteiger partial charge in [-0.15, -0.1) is 0 Å². The van der Waals surface area contributed by atoms with Crippen molar-refractivity contribution in [3.05, 3.63) is 59.1 Å². The van der Waals surface area contributed by atoms with Crippen molar-refractivity contribution in [2.24, 2.45) is 0 Å². The zero-order valence-electron chi connectivity index (χ0n) is 11.0. The number of halogens is 1. The summed E-state index contributed by atoms with van der Waals surface area (Å²) in [6, 6.07) is 9.87. The molecule has 0 amide bonds. The van der Waals surface area contributed by atoms with Crippen LogP contribution in [-0.4, -0.2) is 21.4 Å². The van der Waals surface area contributed by atoms with Crippen molar-refractivity contribution >= 4 is 11.6 Å². The predicted molar refractivity (Wildman–Crippen MR) is 77.8 cm³/mol. The molecule has 2 aromatic heterocycles. The monoisotopic (exact) mass is 286 g/mol. The zero-order valence-corrected chi connectivity index (χ0v) is 11.8. The van der Waals surface area contributed by atoms with Crippen molar-refractivity contribution in [1.82, 2.24) is 14.9 Å². The van der Waals surface area contributed by atoms with Gasteiger partial charge in [0.15, 0.2) is 0 Å². The summed E-state index contributed by atoms with van der Waals surface area (Å²) in [5, 5.41) is 9.26. The molecule has 2 aromatic rings. The quantitative estimate of drug-likeness (QED) is 0.766. The van der Waals surface area contributed by atoms with E-state index >= 15 is 0 Å². The first-order valence-corrected chi connectivity index (χ1v) is 6.74. The molecule has 0 aromatic carbocycles. The van der Waals surface area contributed by atoms with Gasteiger partial charge in [-0.3, -0.25) is 9.88 Å². The number of hydrogen-bond donors (Lipinski definition) is 0. The summed E-state index contributed by atoms with van der Waals surface area (Å²) in [6.07, 6.45) is 5.87. The largest absolute Gasteiger partial charge is 0.294 e. The molecule has 0 atom stereocenters. The molecule has 0 N–H and O–H groups in total. The molecule has 0 aliphatic rings. The van der Waals surface area contributed by atoms with Gasteiger partial charge < -0.3 is 0 Å². The molecule has 2 rings (SSSR count). The fraction of sp³-hybridized carbons (Fsp3) is 0.267. The lowest BCUT2D eigenvalue weighted by molar-refractivity contribution is 0.262. The minimum Gasteiger partial charge on any atom is -0.294 e. The van der Waals surface area contributed by atoms with Crippen molar-refractivity contribution in [3.63, 3.8) is 0 Å². The Labute approximate surface area is 123 Å². The second-order valence-corrected chi connectivity index (χ2v) is 4.86. The Morgan fingerprint density at radius 3 is 2.55 bits per heavy atom. The third-order valence-electron chi connectivity index (χ3n) is 2.86. The number of nitrogens with zero attached hydrogens (tertiary/aromatic N) is 4. The molecule has 0 aliphatic heterocycles. The SMILES string of the molecule is N#CCCN(Cc1cccnc1)Cc1ccc(Cl)nc1. The van der Waals surface area contributed by atoms with Gasteiger partial charge in [0.05, 0.1) is 6.07 Å². The van der Waals surface area contributed by atoms with E-state index in [0.29, 0.717) is 18.1 Å². The Morgan fingerprint density at radius 1 is 1.15 bits per heavy atom. The number of hydrogen-bond acceptors (Lipinski definition) is 4. The maximum Gasteiger partial charge on any atom is 0.129 e. The molecular weight excluding hydrogens is 272 g/mol. The predicted octanol–water partition coefficient (Wildman–Crippen LogP) is 3.05. The van der Waals surface area contributed by atoms with Crippen LogP contribution in [-0.2, 0) is 13.1 Å². The molecule has 0 aliphatic carbocycles. The van der Waals surface area contributed by atoms with Crippen molar-refractivity contribution in [2.75, 3.05) is 6.54 Å². The molecule has 0 unspecified atom stereocenters. The highest BCUT2D eigenvalue weighted by Crippen LogP contribution is 2.11. The molecule has 0 fully saturated rings. The number of aromatic nitrogens is 2. The number of nitriles is 1. The van der Waals surface area contributed by atoms with Gasteiger partial charge in [-0.25, -0.2) is 4.98 Å². The highest BCUT2D eigenvalue weighted by molar-refractivity contribution is 6.29. The summed E-state index contributed by atoms with van der Waals surface area (Å²) in [7, 11) is 0. The van der Waals surface area contributed by atoms with E-state index in [0.717, 1.165) is 24.2 Å². The second kappa shape index (κ2) is 7.59. The van der Waals surface area contributed by atoms with Gasteiger partial charge in [-0.1, -0.05) is 23.7 Å².